The minimum absolute atomic E-state index is 0.224. The van der Waals surface area contributed by atoms with Crippen molar-refractivity contribution in [1.82, 2.24) is 4.90 Å². The molecule has 2 amide bonds. The molecular weight excluding hydrogens is 498 g/mol. The number of rotatable bonds is 6. The number of nitrogens with zero attached hydrogens (tertiary/aromatic N) is 1. The Labute approximate surface area is 198 Å². The number of hydrogen-bond acceptors (Lipinski definition) is 4. The molecule has 0 aromatic heterocycles. The highest BCUT2D eigenvalue weighted by atomic mass is 79.9. The van der Waals surface area contributed by atoms with Crippen LogP contribution in [0.15, 0.2) is 82.2 Å². The number of benzene rings is 3. The molecule has 0 atom stereocenters. The van der Waals surface area contributed by atoms with Crippen molar-refractivity contribution in [1.29, 1.82) is 0 Å². The third kappa shape index (κ3) is 5.58. The van der Waals surface area contributed by atoms with E-state index in [0.717, 1.165) is 38.7 Å². The molecule has 1 heterocycles. The van der Waals surface area contributed by atoms with E-state index in [1.807, 2.05) is 60.7 Å². The summed E-state index contributed by atoms with van der Waals surface area (Å²) in [6.07, 6.45) is 1.73. The highest BCUT2D eigenvalue weighted by Crippen LogP contribution is 2.33. The Morgan fingerprint density at radius 1 is 0.903 bits per heavy atom. The number of carbonyl (C=O) groups is 2. The van der Waals surface area contributed by atoms with Crippen LogP contribution in [0.5, 0.6) is 5.75 Å². The first-order valence-corrected chi connectivity index (χ1v) is 11.4. The van der Waals surface area contributed by atoms with Gasteiger partial charge in [-0.1, -0.05) is 63.9 Å². The van der Waals surface area contributed by atoms with Crippen molar-refractivity contribution in [3.05, 3.63) is 104 Å². The van der Waals surface area contributed by atoms with Crippen LogP contribution < -0.4 is 4.74 Å². The summed E-state index contributed by atoms with van der Waals surface area (Å²) in [6.45, 7) is 0.693. The quantitative estimate of drug-likeness (QED) is 0.335. The lowest BCUT2D eigenvalue weighted by Gasteiger charge is -2.12. The molecule has 0 aliphatic carbocycles. The van der Waals surface area contributed by atoms with Crippen LogP contribution in [-0.2, 0) is 17.9 Å². The van der Waals surface area contributed by atoms with E-state index < -0.39 is 0 Å². The van der Waals surface area contributed by atoms with Gasteiger partial charge >= 0.3 is 0 Å². The molecular formula is C24H17BrClNO3S. The van der Waals surface area contributed by atoms with Crippen LogP contribution in [0.1, 0.15) is 16.7 Å². The van der Waals surface area contributed by atoms with E-state index in [-0.39, 0.29) is 17.7 Å². The summed E-state index contributed by atoms with van der Waals surface area (Å²) in [4.78, 5) is 26.7. The van der Waals surface area contributed by atoms with Crippen molar-refractivity contribution < 1.29 is 14.3 Å². The van der Waals surface area contributed by atoms with Crippen molar-refractivity contribution in [3.63, 3.8) is 0 Å². The van der Waals surface area contributed by atoms with Crippen LogP contribution in [-0.4, -0.2) is 16.0 Å². The number of thioether (sulfide) groups is 1. The molecule has 0 saturated carbocycles. The van der Waals surface area contributed by atoms with Crippen LogP contribution in [0.25, 0.3) is 6.08 Å². The highest BCUT2D eigenvalue weighted by Gasteiger charge is 2.34. The van der Waals surface area contributed by atoms with Crippen LogP contribution in [0.3, 0.4) is 0 Å². The second-order valence-corrected chi connectivity index (χ2v) is 9.22. The lowest BCUT2D eigenvalue weighted by molar-refractivity contribution is -0.123. The zero-order valence-corrected chi connectivity index (χ0v) is 19.4. The SMILES string of the molecule is O=C1SC(=Cc2ccc(OCc3ccc(Br)cc3)cc2)C(=O)N1Cc1ccc(Cl)cc1. The summed E-state index contributed by atoms with van der Waals surface area (Å²) in [5.74, 6) is 0.441. The second-order valence-electron chi connectivity index (χ2n) is 6.88. The predicted octanol–water partition coefficient (Wildman–Crippen LogP) is 6.92. The van der Waals surface area contributed by atoms with Gasteiger partial charge in [-0.05, 0) is 70.9 Å². The number of hydrogen-bond donors (Lipinski definition) is 0. The summed E-state index contributed by atoms with van der Waals surface area (Å²) >= 11 is 10.3. The van der Waals surface area contributed by atoms with E-state index in [1.165, 1.54) is 4.90 Å². The van der Waals surface area contributed by atoms with Crippen LogP contribution in [0, 0.1) is 0 Å². The second kappa shape index (κ2) is 9.73. The van der Waals surface area contributed by atoms with E-state index in [4.69, 9.17) is 16.3 Å². The fraction of sp³-hybridized carbons (Fsp3) is 0.0833. The maximum atomic E-state index is 12.7. The van der Waals surface area contributed by atoms with Crippen molar-refractivity contribution in [2.24, 2.45) is 0 Å². The molecule has 1 saturated heterocycles. The molecule has 3 aromatic carbocycles. The zero-order chi connectivity index (χ0) is 21.8. The van der Waals surface area contributed by atoms with E-state index in [0.29, 0.717) is 16.5 Å². The largest absolute Gasteiger partial charge is 0.489 e. The topological polar surface area (TPSA) is 46.6 Å². The molecule has 4 nitrogen and oxygen atoms in total. The van der Waals surface area contributed by atoms with Gasteiger partial charge in [-0.3, -0.25) is 14.5 Å². The van der Waals surface area contributed by atoms with Crippen molar-refractivity contribution in [2.75, 3.05) is 0 Å². The molecule has 0 bridgehead atoms. The van der Waals surface area contributed by atoms with Crippen LogP contribution >= 0.6 is 39.3 Å². The molecule has 156 valence electrons. The Morgan fingerprint density at radius 3 is 2.23 bits per heavy atom. The molecule has 1 fully saturated rings. The van der Waals surface area contributed by atoms with Gasteiger partial charge in [0, 0.05) is 9.50 Å². The van der Waals surface area contributed by atoms with Gasteiger partial charge in [0.25, 0.3) is 11.1 Å². The van der Waals surface area contributed by atoms with Gasteiger partial charge in [-0.2, -0.15) is 0 Å². The van der Waals surface area contributed by atoms with Crippen molar-refractivity contribution in [3.8, 4) is 5.75 Å². The summed E-state index contributed by atoms with van der Waals surface area (Å²) < 4.78 is 6.83. The van der Waals surface area contributed by atoms with Gasteiger partial charge < -0.3 is 4.74 Å². The van der Waals surface area contributed by atoms with Crippen molar-refractivity contribution >= 4 is 56.5 Å². The van der Waals surface area contributed by atoms with Gasteiger partial charge in [0.1, 0.15) is 12.4 Å². The average molecular weight is 515 g/mol. The molecule has 4 rings (SSSR count). The van der Waals surface area contributed by atoms with E-state index in [9.17, 15) is 9.59 Å². The van der Waals surface area contributed by atoms with Gasteiger partial charge in [0.15, 0.2) is 0 Å². The fourth-order valence-corrected chi connectivity index (χ4v) is 4.20. The number of ether oxygens (including phenoxy) is 1. The summed E-state index contributed by atoms with van der Waals surface area (Å²) in [5, 5.41) is 0.336. The Balaban J connectivity index is 1.39. The van der Waals surface area contributed by atoms with Gasteiger partial charge in [0.2, 0.25) is 0 Å². The third-order valence-electron chi connectivity index (χ3n) is 4.62. The number of halogens is 2. The van der Waals surface area contributed by atoms with E-state index in [1.54, 1.807) is 18.2 Å². The van der Waals surface area contributed by atoms with Crippen LogP contribution in [0.2, 0.25) is 5.02 Å². The van der Waals surface area contributed by atoms with Crippen molar-refractivity contribution in [2.45, 2.75) is 13.2 Å². The first-order chi connectivity index (χ1) is 15.0. The zero-order valence-electron chi connectivity index (χ0n) is 16.3. The monoisotopic (exact) mass is 513 g/mol. The van der Waals surface area contributed by atoms with Gasteiger partial charge in [-0.15, -0.1) is 0 Å². The highest BCUT2D eigenvalue weighted by molar-refractivity contribution is 9.10. The van der Waals surface area contributed by atoms with Crippen LogP contribution in [0.4, 0.5) is 4.79 Å². The molecule has 0 radical (unpaired) electrons. The minimum Gasteiger partial charge on any atom is -0.489 e. The molecule has 0 unspecified atom stereocenters. The fourth-order valence-electron chi connectivity index (χ4n) is 2.97. The maximum absolute atomic E-state index is 12.7. The lowest BCUT2D eigenvalue weighted by atomic mass is 10.2. The normalized spacial score (nSPS) is 15.0. The molecule has 7 heteroatoms. The molecule has 1 aliphatic rings. The number of imide groups is 1. The standard InChI is InChI=1S/C24H17BrClNO3S/c25-19-7-1-18(2-8-19)15-30-21-11-5-16(6-12-21)13-22-23(28)27(24(29)31-22)14-17-3-9-20(26)10-4-17/h1-13H,14-15H2. The average Bonchev–Trinajstić information content (AvgIpc) is 3.03. The minimum atomic E-state index is -0.291. The van der Waals surface area contributed by atoms with E-state index in [2.05, 4.69) is 15.9 Å². The molecule has 3 aromatic rings. The van der Waals surface area contributed by atoms with Gasteiger partial charge in [-0.25, -0.2) is 0 Å². The number of amides is 2. The first-order valence-electron chi connectivity index (χ1n) is 9.45. The number of carbonyl (C=O) groups excluding carboxylic acids is 2. The Bertz CT molecular complexity index is 1130. The molecule has 31 heavy (non-hydrogen) atoms. The smallest absolute Gasteiger partial charge is 0.293 e. The lowest BCUT2D eigenvalue weighted by Crippen LogP contribution is -2.27. The Hall–Kier alpha value is -2.54. The summed E-state index contributed by atoms with van der Waals surface area (Å²) in [6, 6.07) is 22.5. The Kier molecular flexibility index (Phi) is 6.80. The molecule has 1 aliphatic heterocycles. The first kappa shape index (κ1) is 21.7. The maximum Gasteiger partial charge on any atom is 0.293 e. The van der Waals surface area contributed by atoms with E-state index >= 15 is 0 Å². The summed E-state index contributed by atoms with van der Waals surface area (Å²) in [5.41, 5.74) is 2.75. The molecule has 0 N–H and O–H groups in total. The molecule has 0 spiro atoms. The summed E-state index contributed by atoms with van der Waals surface area (Å²) in [7, 11) is 0. The third-order valence-corrected chi connectivity index (χ3v) is 6.31. The predicted molar refractivity (Wildman–Crippen MR) is 128 cm³/mol. The van der Waals surface area contributed by atoms with Gasteiger partial charge in [0.05, 0.1) is 11.4 Å². The Morgan fingerprint density at radius 2 is 1.55 bits per heavy atom.